The number of benzene rings is 2. The van der Waals surface area contributed by atoms with E-state index in [0.717, 1.165) is 10.5 Å². The van der Waals surface area contributed by atoms with Crippen LogP contribution in [0.2, 0.25) is 15.1 Å². The van der Waals surface area contributed by atoms with Gasteiger partial charge in [0.25, 0.3) is 11.8 Å². The highest BCUT2D eigenvalue weighted by molar-refractivity contribution is 6.41. The van der Waals surface area contributed by atoms with E-state index < -0.39 is 11.8 Å². The molecular formula is C20H17Cl3N2O3. The number of imide groups is 1. The maximum atomic E-state index is 13.0. The van der Waals surface area contributed by atoms with Crippen molar-refractivity contribution in [2.45, 2.75) is 6.92 Å². The number of hydrogen-bond acceptors (Lipinski definition) is 4. The largest absolute Gasteiger partial charge is 0.383 e. The first-order chi connectivity index (χ1) is 13.3. The van der Waals surface area contributed by atoms with Crippen molar-refractivity contribution in [3.63, 3.8) is 0 Å². The van der Waals surface area contributed by atoms with E-state index in [1.165, 1.54) is 13.2 Å². The predicted molar refractivity (Wildman–Crippen MR) is 112 cm³/mol. The predicted octanol–water partition coefficient (Wildman–Crippen LogP) is 4.79. The topological polar surface area (TPSA) is 58.6 Å². The van der Waals surface area contributed by atoms with Crippen LogP contribution in [0.15, 0.2) is 42.1 Å². The monoisotopic (exact) mass is 438 g/mol. The van der Waals surface area contributed by atoms with Gasteiger partial charge in [0.1, 0.15) is 5.70 Å². The lowest BCUT2D eigenvalue weighted by Crippen LogP contribution is -2.35. The van der Waals surface area contributed by atoms with Crippen molar-refractivity contribution in [2.75, 3.05) is 25.6 Å². The quantitative estimate of drug-likeness (QED) is 0.657. The molecule has 0 spiro atoms. The van der Waals surface area contributed by atoms with Gasteiger partial charge in [0.2, 0.25) is 0 Å². The summed E-state index contributed by atoms with van der Waals surface area (Å²) in [7, 11) is 1.50. The zero-order chi connectivity index (χ0) is 20.4. The molecule has 1 N–H and O–H groups in total. The summed E-state index contributed by atoms with van der Waals surface area (Å²) in [5, 5.41) is 4.29. The van der Waals surface area contributed by atoms with Crippen LogP contribution in [-0.2, 0) is 14.3 Å². The molecular weight excluding hydrogens is 423 g/mol. The zero-order valence-electron chi connectivity index (χ0n) is 15.2. The van der Waals surface area contributed by atoms with E-state index in [9.17, 15) is 9.59 Å². The van der Waals surface area contributed by atoms with E-state index >= 15 is 0 Å². The van der Waals surface area contributed by atoms with Crippen LogP contribution >= 0.6 is 34.8 Å². The highest BCUT2D eigenvalue weighted by Gasteiger charge is 2.39. The highest BCUT2D eigenvalue weighted by atomic mass is 35.5. The number of halogens is 3. The van der Waals surface area contributed by atoms with E-state index in [1.807, 2.05) is 13.0 Å². The summed E-state index contributed by atoms with van der Waals surface area (Å²) in [5.41, 5.74) is 2.23. The number of anilines is 1. The maximum absolute atomic E-state index is 13.0. The average Bonchev–Trinajstić information content (AvgIpc) is 2.87. The normalized spacial score (nSPS) is 14.2. The number of carbonyl (C=O) groups excluding carboxylic acids is 2. The van der Waals surface area contributed by atoms with Gasteiger partial charge in [0, 0.05) is 28.4 Å². The maximum Gasteiger partial charge on any atom is 0.278 e. The van der Waals surface area contributed by atoms with Gasteiger partial charge in [-0.15, -0.1) is 0 Å². The third-order valence-corrected chi connectivity index (χ3v) is 5.13. The number of rotatable bonds is 6. The van der Waals surface area contributed by atoms with Crippen molar-refractivity contribution < 1.29 is 14.3 Å². The molecule has 0 bridgehead atoms. The molecule has 0 unspecified atom stereocenters. The average molecular weight is 440 g/mol. The lowest BCUT2D eigenvalue weighted by atomic mass is 10.0. The molecule has 8 heteroatoms. The Morgan fingerprint density at radius 2 is 1.68 bits per heavy atom. The number of nitrogens with zero attached hydrogens (tertiary/aromatic N) is 1. The summed E-state index contributed by atoms with van der Waals surface area (Å²) in [5.74, 6) is -0.907. The number of methoxy groups -OCH3 is 1. The Kier molecular flexibility index (Phi) is 6.30. The molecule has 0 radical (unpaired) electrons. The van der Waals surface area contributed by atoms with Gasteiger partial charge in [-0.05, 0) is 36.8 Å². The molecule has 0 saturated carbocycles. The second-order valence-electron chi connectivity index (χ2n) is 6.21. The molecule has 0 aromatic heterocycles. The number of carbonyl (C=O) groups is 2. The Bertz CT molecular complexity index is 989. The molecule has 1 heterocycles. The Morgan fingerprint density at radius 1 is 1.00 bits per heavy atom. The highest BCUT2D eigenvalue weighted by Crippen LogP contribution is 2.36. The van der Waals surface area contributed by atoms with Gasteiger partial charge < -0.3 is 10.1 Å². The van der Waals surface area contributed by atoms with Gasteiger partial charge in [-0.25, -0.2) is 0 Å². The van der Waals surface area contributed by atoms with E-state index in [4.69, 9.17) is 39.5 Å². The summed E-state index contributed by atoms with van der Waals surface area (Å²) in [6.07, 6.45) is 0. The fourth-order valence-corrected chi connectivity index (χ4v) is 3.56. The fraction of sp³-hybridized carbons (Fsp3) is 0.200. The van der Waals surface area contributed by atoms with Crippen molar-refractivity contribution in [1.29, 1.82) is 0 Å². The summed E-state index contributed by atoms with van der Waals surface area (Å²) in [6, 6.07) is 10.0. The van der Waals surface area contributed by atoms with Crippen LogP contribution in [0.5, 0.6) is 0 Å². The molecule has 3 rings (SSSR count). The number of amides is 2. The van der Waals surface area contributed by atoms with Crippen LogP contribution in [0.4, 0.5) is 5.69 Å². The summed E-state index contributed by atoms with van der Waals surface area (Å²) in [4.78, 5) is 27.2. The van der Waals surface area contributed by atoms with E-state index in [1.54, 1.807) is 24.3 Å². The molecule has 1 aliphatic heterocycles. The minimum atomic E-state index is -0.456. The number of aryl methyl sites for hydroxylation is 1. The van der Waals surface area contributed by atoms with Crippen LogP contribution in [-0.4, -0.2) is 37.0 Å². The van der Waals surface area contributed by atoms with Crippen LogP contribution in [0.25, 0.3) is 5.57 Å². The molecule has 146 valence electrons. The molecule has 0 saturated heterocycles. The second kappa shape index (κ2) is 8.53. The van der Waals surface area contributed by atoms with Crippen LogP contribution in [0.1, 0.15) is 11.1 Å². The first-order valence-corrected chi connectivity index (χ1v) is 9.55. The number of ether oxygens (including phenoxy) is 1. The smallest absolute Gasteiger partial charge is 0.278 e. The van der Waals surface area contributed by atoms with Crippen LogP contribution in [0.3, 0.4) is 0 Å². The van der Waals surface area contributed by atoms with Gasteiger partial charge in [-0.1, -0.05) is 46.9 Å². The molecule has 0 aliphatic carbocycles. The van der Waals surface area contributed by atoms with Gasteiger partial charge in [0.05, 0.1) is 23.7 Å². The minimum Gasteiger partial charge on any atom is -0.383 e. The zero-order valence-corrected chi connectivity index (χ0v) is 17.5. The lowest BCUT2D eigenvalue weighted by molar-refractivity contribution is -0.137. The lowest BCUT2D eigenvalue weighted by Gasteiger charge is -2.15. The van der Waals surface area contributed by atoms with Crippen molar-refractivity contribution in [2.24, 2.45) is 0 Å². The SMILES string of the molecule is COCCN1C(=O)C(Nc2cc(Cl)ccc2C)=C(c2ccc(Cl)cc2Cl)C1=O. The molecule has 28 heavy (non-hydrogen) atoms. The van der Waals surface area contributed by atoms with Crippen molar-refractivity contribution in [3.05, 3.63) is 68.3 Å². The van der Waals surface area contributed by atoms with E-state index in [0.29, 0.717) is 21.3 Å². The third-order valence-electron chi connectivity index (χ3n) is 4.35. The van der Waals surface area contributed by atoms with E-state index in [-0.39, 0.29) is 29.4 Å². The Labute approximate surface area is 177 Å². The first kappa shape index (κ1) is 20.7. The minimum absolute atomic E-state index is 0.128. The number of hydrogen-bond donors (Lipinski definition) is 1. The molecule has 0 fully saturated rings. The van der Waals surface area contributed by atoms with Crippen molar-refractivity contribution in [1.82, 2.24) is 4.90 Å². The first-order valence-electron chi connectivity index (χ1n) is 8.41. The van der Waals surface area contributed by atoms with Gasteiger partial charge >= 0.3 is 0 Å². The second-order valence-corrected chi connectivity index (χ2v) is 7.49. The Hall–Kier alpha value is -2.05. The summed E-state index contributed by atoms with van der Waals surface area (Å²) in [6.45, 7) is 2.23. The summed E-state index contributed by atoms with van der Waals surface area (Å²) >= 11 is 18.4. The van der Waals surface area contributed by atoms with E-state index in [2.05, 4.69) is 5.32 Å². The summed E-state index contributed by atoms with van der Waals surface area (Å²) < 4.78 is 5.02. The molecule has 2 aromatic carbocycles. The Balaban J connectivity index is 2.12. The van der Waals surface area contributed by atoms with Gasteiger partial charge in [-0.3, -0.25) is 14.5 Å². The van der Waals surface area contributed by atoms with Crippen LogP contribution < -0.4 is 5.32 Å². The van der Waals surface area contributed by atoms with Crippen molar-refractivity contribution >= 4 is 57.9 Å². The van der Waals surface area contributed by atoms with Crippen LogP contribution in [0, 0.1) is 6.92 Å². The Morgan fingerprint density at radius 3 is 2.36 bits per heavy atom. The molecule has 1 aliphatic rings. The molecule has 2 aromatic rings. The molecule has 0 atom stereocenters. The molecule has 2 amide bonds. The van der Waals surface area contributed by atoms with Crippen molar-refractivity contribution in [3.8, 4) is 0 Å². The molecule has 5 nitrogen and oxygen atoms in total. The van der Waals surface area contributed by atoms with Gasteiger partial charge in [-0.2, -0.15) is 0 Å². The third kappa shape index (κ3) is 4.03. The number of nitrogens with one attached hydrogen (secondary N) is 1. The standard InChI is InChI=1S/C20H17Cl3N2O3/c1-11-3-4-13(22)10-16(11)24-18-17(14-6-5-12(21)9-15(14)23)19(26)25(20(18)27)7-8-28-2/h3-6,9-10,24H,7-8H2,1-2H3. The fourth-order valence-electron chi connectivity index (χ4n) is 2.88. The van der Waals surface area contributed by atoms with Gasteiger partial charge in [0.15, 0.2) is 0 Å².